The average Bonchev–Trinajstić information content (AvgIpc) is 1.92. The van der Waals surface area contributed by atoms with Gasteiger partial charge >= 0.3 is 0 Å². The smallest absolute Gasteiger partial charge is 0.202 e. The van der Waals surface area contributed by atoms with Gasteiger partial charge in [0.25, 0.3) is 0 Å². The lowest BCUT2D eigenvalue weighted by molar-refractivity contribution is 0.323. The van der Waals surface area contributed by atoms with Gasteiger partial charge in [-0.25, -0.2) is 0 Å². The van der Waals surface area contributed by atoms with E-state index in [-0.39, 0.29) is 11.5 Å². The molecule has 0 saturated carbocycles. The van der Waals surface area contributed by atoms with E-state index in [1.165, 1.54) is 6.07 Å². The number of ether oxygens (including phenoxy) is 1. The van der Waals surface area contributed by atoms with Gasteiger partial charge in [-0.05, 0) is 6.92 Å². The van der Waals surface area contributed by atoms with Crippen molar-refractivity contribution in [3.8, 4) is 23.0 Å². The molecule has 2 heterocycles. The van der Waals surface area contributed by atoms with E-state index >= 15 is 0 Å². The van der Waals surface area contributed by atoms with E-state index in [9.17, 15) is 0 Å². The van der Waals surface area contributed by atoms with Gasteiger partial charge in [-0.2, -0.15) is 0 Å². The second-order valence-electron chi connectivity index (χ2n) is 2.30. The first-order chi connectivity index (χ1) is 4.70. The third-order valence-corrected chi connectivity index (χ3v) is 1.65. The fourth-order valence-corrected chi connectivity index (χ4v) is 0.973. The fourth-order valence-electron chi connectivity index (χ4n) is 0.973. The van der Waals surface area contributed by atoms with Crippen LogP contribution in [0.25, 0.3) is 0 Å². The first-order valence-electron chi connectivity index (χ1n) is 2.93. The van der Waals surface area contributed by atoms with Crippen LogP contribution in [0.3, 0.4) is 0 Å². The van der Waals surface area contributed by atoms with Crippen LogP contribution in [0.2, 0.25) is 0 Å². The van der Waals surface area contributed by atoms with E-state index in [1.54, 1.807) is 6.92 Å². The molecule has 0 unspecified atom stereocenters. The van der Waals surface area contributed by atoms with Gasteiger partial charge < -0.3 is 14.9 Å². The molecule has 0 saturated heterocycles. The molecule has 3 heteroatoms. The van der Waals surface area contributed by atoms with Gasteiger partial charge in [0.15, 0.2) is 11.5 Å². The Hall–Kier alpha value is -1.38. The molecule has 0 radical (unpaired) electrons. The Bertz CT molecular complexity index is 295. The van der Waals surface area contributed by atoms with Crippen LogP contribution in [0.4, 0.5) is 0 Å². The van der Waals surface area contributed by atoms with Crippen LogP contribution < -0.4 is 4.74 Å². The van der Waals surface area contributed by atoms with Crippen molar-refractivity contribution in [1.82, 2.24) is 0 Å². The van der Waals surface area contributed by atoms with E-state index in [2.05, 4.69) is 0 Å². The Morgan fingerprint density at radius 1 is 1.40 bits per heavy atom. The topological polar surface area (TPSA) is 49.7 Å². The maximum absolute atomic E-state index is 9.07. The molecule has 0 aromatic heterocycles. The van der Waals surface area contributed by atoms with Crippen molar-refractivity contribution in [3.63, 3.8) is 0 Å². The summed E-state index contributed by atoms with van der Waals surface area (Å²) < 4.78 is 4.94. The zero-order valence-corrected chi connectivity index (χ0v) is 5.38. The zero-order valence-electron chi connectivity index (χ0n) is 5.38. The second-order valence-corrected chi connectivity index (χ2v) is 2.30. The van der Waals surface area contributed by atoms with E-state index in [0.717, 1.165) is 0 Å². The molecule has 2 aliphatic heterocycles. The maximum Gasteiger partial charge on any atom is 0.202 e. The van der Waals surface area contributed by atoms with Gasteiger partial charge in [-0.3, -0.25) is 0 Å². The first-order valence-corrected chi connectivity index (χ1v) is 2.93. The third kappa shape index (κ3) is 0.409. The molecule has 0 atom stereocenters. The summed E-state index contributed by atoms with van der Waals surface area (Å²) in [4.78, 5) is 0. The standard InChI is InChI=1S/C7H6O3/c1-3-4(8)2-5-6(9)7(3)10-5/h2,8-9H,1H3. The van der Waals surface area contributed by atoms with E-state index in [1.807, 2.05) is 0 Å². The summed E-state index contributed by atoms with van der Waals surface area (Å²) in [5, 5.41) is 18.1. The molecular weight excluding hydrogens is 132 g/mol. The summed E-state index contributed by atoms with van der Waals surface area (Å²) in [6, 6.07) is 1.40. The number of rotatable bonds is 0. The van der Waals surface area contributed by atoms with Crippen molar-refractivity contribution in [3.05, 3.63) is 11.6 Å². The van der Waals surface area contributed by atoms with Crippen LogP contribution in [0, 0.1) is 6.92 Å². The average molecular weight is 138 g/mol. The van der Waals surface area contributed by atoms with Crippen molar-refractivity contribution in [1.29, 1.82) is 0 Å². The normalized spacial score (nSPS) is 12.1. The molecule has 10 heavy (non-hydrogen) atoms. The van der Waals surface area contributed by atoms with Crippen molar-refractivity contribution >= 4 is 0 Å². The molecule has 2 N–H and O–H groups in total. The zero-order chi connectivity index (χ0) is 7.30. The molecule has 52 valence electrons. The second kappa shape index (κ2) is 1.37. The third-order valence-electron chi connectivity index (χ3n) is 1.65. The lowest BCUT2D eigenvalue weighted by Gasteiger charge is -2.22. The molecule has 1 aromatic rings. The Morgan fingerprint density at radius 2 is 2.10 bits per heavy atom. The van der Waals surface area contributed by atoms with Crippen LogP contribution in [0.15, 0.2) is 6.07 Å². The van der Waals surface area contributed by atoms with Crippen LogP contribution in [0.5, 0.6) is 23.0 Å². The highest BCUT2D eigenvalue weighted by molar-refractivity contribution is 5.67. The molecule has 2 aliphatic rings. The predicted octanol–water partition coefficient (Wildman–Crippen LogP) is 1.51. The number of fused-ring (bicyclic) bond motifs is 2. The summed E-state index contributed by atoms with van der Waals surface area (Å²) in [6.45, 7) is 1.69. The highest BCUT2D eigenvalue weighted by Gasteiger charge is 2.26. The highest BCUT2D eigenvalue weighted by Crippen LogP contribution is 2.54. The highest BCUT2D eigenvalue weighted by atomic mass is 16.5. The number of benzene rings is 1. The van der Waals surface area contributed by atoms with E-state index < -0.39 is 0 Å². The molecule has 3 rings (SSSR count). The molecular formula is C7H6O3. The summed E-state index contributed by atoms with van der Waals surface area (Å²) in [5.41, 5.74) is 0.590. The molecule has 3 nitrogen and oxygen atoms in total. The Balaban J connectivity index is 2.74. The quantitative estimate of drug-likeness (QED) is 0.542. The monoisotopic (exact) mass is 138 g/mol. The molecule has 0 spiro atoms. The minimum Gasteiger partial charge on any atom is -0.507 e. The number of phenols is 2. The molecule has 0 fully saturated rings. The molecule has 0 amide bonds. The Labute approximate surface area is 57.5 Å². The van der Waals surface area contributed by atoms with Gasteiger partial charge in [0.1, 0.15) is 5.75 Å². The van der Waals surface area contributed by atoms with E-state index in [0.29, 0.717) is 17.1 Å². The summed E-state index contributed by atoms with van der Waals surface area (Å²) in [6.07, 6.45) is 0. The van der Waals surface area contributed by atoms with Gasteiger partial charge in [0, 0.05) is 11.6 Å². The lowest BCUT2D eigenvalue weighted by Crippen LogP contribution is -1.99. The van der Waals surface area contributed by atoms with E-state index in [4.69, 9.17) is 14.9 Å². The lowest BCUT2D eigenvalue weighted by atomic mass is 10.1. The van der Waals surface area contributed by atoms with Crippen LogP contribution in [0.1, 0.15) is 5.56 Å². The minimum atomic E-state index is 0.148. The minimum absolute atomic E-state index is 0.148. The van der Waals surface area contributed by atoms with Crippen molar-refractivity contribution < 1.29 is 14.9 Å². The predicted molar refractivity (Wildman–Crippen MR) is 34.6 cm³/mol. The Morgan fingerprint density at radius 3 is 2.50 bits per heavy atom. The number of aromatic hydroxyl groups is 2. The number of hydrogen-bond donors (Lipinski definition) is 2. The molecule has 0 aliphatic carbocycles. The van der Waals surface area contributed by atoms with Crippen molar-refractivity contribution in [2.24, 2.45) is 0 Å². The van der Waals surface area contributed by atoms with Crippen LogP contribution in [-0.4, -0.2) is 10.2 Å². The summed E-state index contributed by atoms with van der Waals surface area (Å²) >= 11 is 0. The van der Waals surface area contributed by atoms with Gasteiger partial charge in [-0.1, -0.05) is 0 Å². The summed E-state index contributed by atoms with van der Waals surface area (Å²) in [5.74, 6) is 1.08. The number of hydrogen-bond acceptors (Lipinski definition) is 3. The van der Waals surface area contributed by atoms with Crippen molar-refractivity contribution in [2.45, 2.75) is 6.92 Å². The molecule has 2 bridgehead atoms. The largest absolute Gasteiger partial charge is 0.507 e. The van der Waals surface area contributed by atoms with Crippen LogP contribution in [-0.2, 0) is 0 Å². The summed E-state index contributed by atoms with van der Waals surface area (Å²) in [7, 11) is 0. The Kier molecular flexibility index (Phi) is 0.740. The SMILES string of the molecule is Cc1c(O)cc2c(O)c1O2. The van der Waals surface area contributed by atoms with Crippen LogP contribution >= 0.6 is 0 Å². The number of phenolic OH excluding ortho intramolecular Hbond substituents is 2. The maximum atomic E-state index is 9.07. The fraction of sp³-hybridized carbons (Fsp3) is 0.143. The molecule has 1 aromatic carbocycles. The first kappa shape index (κ1) is 5.41. The van der Waals surface area contributed by atoms with Gasteiger partial charge in [0.2, 0.25) is 5.75 Å². The van der Waals surface area contributed by atoms with Gasteiger partial charge in [0.05, 0.1) is 0 Å². The van der Waals surface area contributed by atoms with Crippen molar-refractivity contribution in [2.75, 3.05) is 0 Å². The van der Waals surface area contributed by atoms with Gasteiger partial charge in [-0.15, -0.1) is 0 Å².